The molecule has 0 spiro atoms. The lowest BCUT2D eigenvalue weighted by Crippen LogP contribution is -2.13. The average molecular weight is 195 g/mol. The molecule has 80 valence electrons. The molecule has 0 aliphatic carbocycles. The molecule has 2 N–H and O–H groups in total. The van der Waals surface area contributed by atoms with E-state index in [2.05, 4.69) is 13.8 Å². The predicted molar refractivity (Wildman–Crippen MR) is 59.1 cm³/mol. The third-order valence-corrected chi connectivity index (χ3v) is 2.62. The van der Waals surface area contributed by atoms with Crippen molar-refractivity contribution in [3.8, 4) is 0 Å². The Morgan fingerprint density at radius 1 is 1.50 bits per heavy atom. The third kappa shape index (κ3) is 3.18. The zero-order valence-corrected chi connectivity index (χ0v) is 9.42. The summed E-state index contributed by atoms with van der Waals surface area (Å²) in [7, 11) is 0. The Morgan fingerprint density at radius 2 is 2.21 bits per heavy atom. The van der Waals surface area contributed by atoms with Gasteiger partial charge in [0.25, 0.3) is 0 Å². The molecular formula is C12H21NO. The first kappa shape index (κ1) is 11.3. The van der Waals surface area contributed by atoms with E-state index in [1.165, 1.54) is 12.8 Å². The van der Waals surface area contributed by atoms with Crippen molar-refractivity contribution in [2.45, 2.75) is 46.1 Å². The van der Waals surface area contributed by atoms with Gasteiger partial charge in [0.15, 0.2) is 0 Å². The largest absolute Gasteiger partial charge is 0.469 e. The van der Waals surface area contributed by atoms with Crippen molar-refractivity contribution < 1.29 is 4.42 Å². The van der Waals surface area contributed by atoms with E-state index in [1.54, 1.807) is 6.26 Å². The molecule has 0 bridgehead atoms. The van der Waals surface area contributed by atoms with Gasteiger partial charge >= 0.3 is 0 Å². The fraction of sp³-hybridized carbons (Fsp3) is 0.667. The molecular weight excluding hydrogens is 174 g/mol. The average Bonchev–Trinajstić information content (AvgIpc) is 2.52. The molecule has 2 atom stereocenters. The lowest BCUT2D eigenvalue weighted by Gasteiger charge is -2.15. The van der Waals surface area contributed by atoms with Crippen LogP contribution in [0.5, 0.6) is 0 Å². The molecule has 1 aromatic heterocycles. The molecule has 0 fully saturated rings. The van der Waals surface area contributed by atoms with E-state index in [-0.39, 0.29) is 6.04 Å². The quantitative estimate of drug-likeness (QED) is 0.782. The summed E-state index contributed by atoms with van der Waals surface area (Å²) < 4.78 is 5.25. The Hall–Kier alpha value is -0.760. The molecule has 14 heavy (non-hydrogen) atoms. The normalized spacial score (nSPS) is 15.4. The molecule has 1 rings (SSSR count). The molecule has 0 amide bonds. The monoisotopic (exact) mass is 195 g/mol. The van der Waals surface area contributed by atoms with Gasteiger partial charge in [-0.3, -0.25) is 0 Å². The van der Waals surface area contributed by atoms with E-state index >= 15 is 0 Å². The van der Waals surface area contributed by atoms with Crippen LogP contribution < -0.4 is 5.73 Å². The van der Waals surface area contributed by atoms with Gasteiger partial charge in [-0.25, -0.2) is 0 Å². The van der Waals surface area contributed by atoms with Crippen LogP contribution in [0, 0.1) is 12.8 Å². The maximum absolute atomic E-state index is 6.08. The van der Waals surface area contributed by atoms with E-state index in [9.17, 15) is 0 Å². The highest BCUT2D eigenvalue weighted by Gasteiger charge is 2.12. The first-order chi connectivity index (χ1) is 6.63. The molecule has 1 aromatic rings. The number of hydrogen-bond acceptors (Lipinski definition) is 2. The summed E-state index contributed by atoms with van der Waals surface area (Å²) in [5.41, 5.74) is 7.21. The molecule has 0 aliphatic heterocycles. The van der Waals surface area contributed by atoms with E-state index in [0.29, 0.717) is 5.92 Å². The molecule has 0 saturated carbocycles. The van der Waals surface area contributed by atoms with Gasteiger partial charge < -0.3 is 10.2 Å². The molecule has 0 radical (unpaired) electrons. The van der Waals surface area contributed by atoms with Crippen LogP contribution in [0.1, 0.15) is 50.5 Å². The van der Waals surface area contributed by atoms with Crippen molar-refractivity contribution >= 4 is 0 Å². The van der Waals surface area contributed by atoms with Crippen LogP contribution in [0.2, 0.25) is 0 Å². The van der Waals surface area contributed by atoms with Crippen molar-refractivity contribution in [1.82, 2.24) is 0 Å². The van der Waals surface area contributed by atoms with Gasteiger partial charge in [-0.2, -0.15) is 0 Å². The van der Waals surface area contributed by atoms with Gasteiger partial charge in [0.05, 0.1) is 6.26 Å². The highest BCUT2D eigenvalue weighted by Crippen LogP contribution is 2.23. The highest BCUT2D eigenvalue weighted by molar-refractivity contribution is 5.15. The van der Waals surface area contributed by atoms with Crippen molar-refractivity contribution in [3.63, 3.8) is 0 Å². The van der Waals surface area contributed by atoms with Crippen LogP contribution >= 0.6 is 0 Å². The summed E-state index contributed by atoms with van der Waals surface area (Å²) in [6, 6.07) is 2.16. The summed E-state index contributed by atoms with van der Waals surface area (Å²) >= 11 is 0. The summed E-state index contributed by atoms with van der Waals surface area (Å²) in [4.78, 5) is 0. The second-order valence-corrected chi connectivity index (χ2v) is 4.23. The molecule has 0 aliphatic rings. The minimum absolute atomic E-state index is 0.133. The lowest BCUT2D eigenvalue weighted by atomic mass is 9.95. The minimum atomic E-state index is 0.133. The number of hydrogen-bond donors (Lipinski definition) is 1. The summed E-state index contributed by atoms with van der Waals surface area (Å²) in [5.74, 6) is 1.64. The van der Waals surface area contributed by atoms with Crippen LogP contribution in [0.3, 0.4) is 0 Å². The number of nitrogens with two attached hydrogens (primary N) is 1. The topological polar surface area (TPSA) is 39.2 Å². The molecule has 2 nitrogen and oxygen atoms in total. The predicted octanol–water partition coefficient (Wildman–Crippen LogP) is 3.41. The second kappa shape index (κ2) is 5.20. The Bertz CT molecular complexity index is 267. The number of rotatable bonds is 5. The summed E-state index contributed by atoms with van der Waals surface area (Å²) in [6.45, 7) is 6.42. The van der Waals surface area contributed by atoms with E-state index in [4.69, 9.17) is 10.2 Å². The van der Waals surface area contributed by atoms with Crippen LogP contribution in [0.4, 0.5) is 0 Å². The minimum Gasteiger partial charge on any atom is -0.469 e. The smallest absolute Gasteiger partial charge is 0.101 e. The molecule has 0 aromatic carbocycles. The van der Waals surface area contributed by atoms with Gasteiger partial charge in [0.1, 0.15) is 5.76 Å². The Kier molecular flexibility index (Phi) is 4.21. The van der Waals surface area contributed by atoms with Gasteiger partial charge in [0.2, 0.25) is 0 Å². The van der Waals surface area contributed by atoms with Crippen molar-refractivity contribution in [2.24, 2.45) is 11.7 Å². The number of aryl methyl sites for hydroxylation is 1. The Morgan fingerprint density at radius 3 is 2.71 bits per heavy atom. The zero-order valence-electron chi connectivity index (χ0n) is 9.42. The standard InChI is InChI=1S/C12H21NO/c1-4-5-9(2)6-12(13)11-7-10(3)14-8-11/h7-9,12H,4-6,13H2,1-3H3. The maximum Gasteiger partial charge on any atom is 0.101 e. The molecule has 0 saturated heterocycles. The summed E-state index contributed by atoms with van der Waals surface area (Å²) in [6.07, 6.45) is 5.31. The van der Waals surface area contributed by atoms with Crippen molar-refractivity contribution in [3.05, 3.63) is 23.7 Å². The number of furan rings is 1. The van der Waals surface area contributed by atoms with Crippen LogP contribution in [-0.4, -0.2) is 0 Å². The van der Waals surface area contributed by atoms with Gasteiger partial charge in [-0.05, 0) is 25.3 Å². The van der Waals surface area contributed by atoms with Gasteiger partial charge in [-0.15, -0.1) is 0 Å². The van der Waals surface area contributed by atoms with E-state index in [0.717, 1.165) is 17.7 Å². The first-order valence-corrected chi connectivity index (χ1v) is 5.44. The van der Waals surface area contributed by atoms with Crippen molar-refractivity contribution in [1.29, 1.82) is 0 Å². The second-order valence-electron chi connectivity index (χ2n) is 4.23. The van der Waals surface area contributed by atoms with Crippen LogP contribution in [0.25, 0.3) is 0 Å². The highest BCUT2D eigenvalue weighted by atomic mass is 16.3. The van der Waals surface area contributed by atoms with Crippen LogP contribution in [-0.2, 0) is 0 Å². The Labute approximate surface area is 86.5 Å². The fourth-order valence-electron chi connectivity index (χ4n) is 1.84. The van der Waals surface area contributed by atoms with E-state index < -0.39 is 0 Å². The third-order valence-electron chi connectivity index (χ3n) is 2.62. The molecule has 2 heteroatoms. The SMILES string of the molecule is CCCC(C)CC(N)c1coc(C)c1. The fourth-order valence-corrected chi connectivity index (χ4v) is 1.84. The maximum atomic E-state index is 6.08. The van der Waals surface area contributed by atoms with Gasteiger partial charge in [-0.1, -0.05) is 26.7 Å². The van der Waals surface area contributed by atoms with Crippen molar-refractivity contribution in [2.75, 3.05) is 0 Å². The Balaban J connectivity index is 2.45. The molecule has 1 heterocycles. The van der Waals surface area contributed by atoms with E-state index in [1.807, 2.05) is 13.0 Å². The molecule has 2 unspecified atom stereocenters. The zero-order chi connectivity index (χ0) is 10.6. The first-order valence-electron chi connectivity index (χ1n) is 5.44. The lowest BCUT2D eigenvalue weighted by molar-refractivity contribution is 0.437. The van der Waals surface area contributed by atoms with Crippen LogP contribution in [0.15, 0.2) is 16.7 Å². The summed E-state index contributed by atoms with van der Waals surface area (Å²) in [5, 5.41) is 0. The van der Waals surface area contributed by atoms with Gasteiger partial charge in [0, 0.05) is 11.6 Å².